The maximum Gasteiger partial charge on any atom is 0.379 e. The number of esters is 1. The van der Waals surface area contributed by atoms with Crippen LogP contribution in [0.5, 0.6) is 5.75 Å². The van der Waals surface area contributed by atoms with Crippen LogP contribution in [0.1, 0.15) is 71.9 Å². The number of ether oxygens (including phenoxy) is 1. The fraction of sp³-hybridized carbons (Fsp3) is 0.414. The number of phenolic OH excluding ortho intramolecular Hbond substituents is 1. The van der Waals surface area contributed by atoms with Crippen molar-refractivity contribution in [3.63, 3.8) is 0 Å². The van der Waals surface area contributed by atoms with Crippen LogP contribution >= 0.6 is 0 Å². The first-order valence-corrected chi connectivity index (χ1v) is 12.8. The minimum atomic E-state index is -2.18. The summed E-state index contributed by atoms with van der Waals surface area (Å²) in [5, 5.41) is 35.5. The summed E-state index contributed by atoms with van der Waals surface area (Å²) in [7, 11) is 0. The van der Waals surface area contributed by atoms with Gasteiger partial charge in [0.25, 0.3) is 5.78 Å². The number of hydrogen-bond acceptors (Lipinski definition) is 9. The zero-order valence-corrected chi connectivity index (χ0v) is 22.1. The molecule has 1 amide bonds. The van der Waals surface area contributed by atoms with E-state index >= 15 is 0 Å². The van der Waals surface area contributed by atoms with Gasteiger partial charge in [0.1, 0.15) is 17.5 Å². The van der Waals surface area contributed by atoms with Gasteiger partial charge in [-0.05, 0) is 57.2 Å². The molecule has 2 aliphatic heterocycles. The number of rotatable bonds is 2. The number of amides is 1. The zero-order chi connectivity index (χ0) is 28.8. The van der Waals surface area contributed by atoms with Crippen LogP contribution < -0.4 is 5.32 Å². The molecular weight excluding hydrogens is 506 g/mol. The van der Waals surface area contributed by atoms with E-state index in [9.17, 15) is 39.3 Å². The number of phenols is 1. The molecule has 39 heavy (non-hydrogen) atoms. The fourth-order valence-electron chi connectivity index (χ4n) is 5.26. The van der Waals surface area contributed by atoms with Gasteiger partial charge in [-0.3, -0.25) is 19.2 Å². The standard InChI is InChI=1S/C29H31NO9/c1-5-16-6-8-19(32)24-23-17(10-13(2)25(24)34)29(38)18(27(36)30-22(29)12-20(23)33)11-14(3)26(35)28(37)39-21(9-7-16)15(4)31/h7,9-12,15-16,18,21,31,34,38H,5-6,8H2,1-4H3,(H,30,36)/b9-7-,14-11-/t15?,16?,18-,21?,29-/m0/s1. The van der Waals surface area contributed by atoms with Crippen LogP contribution in [0.4, 0.5) is 0 Å². The van der Waals surface area contributed by atoms with Crippen LogP contribution in [-0.2, 0) is 24.7 Å². The van der Waals surface area contributed by atoms with Gasteiger partial charge in [-0.1, -0.05) is 19.1 Å². The molecular formula is C29H31NO9. The molecule has 1 aliphatic carbocycles. The molecule has 2 heterocycles. The van der Waals surface area contributed by atoms with Gasteiger partial charge in [-0.15, -0.1) is 0 Å². The first kappa shape index (κ1) is 28.1. The highest BCUT2D eigenvalue weighted by Crippen LogP contribution is 2.49. The Balaban J connectivity index is 1.96. The van der Waals surface area contributed by atoms with E-state index < -0.39 is 58.7 Å². The Hall–Kier alpha value is -3.89. The van der Waals surface area contributed by atoms with Gasteiger partial charge in [0.15, 0.2) is 11.6 Å². The summed E-state index contributed by atoms with van der Waals surface area (Å²) in [5.74, 6) is -6.31. The number of carbonyl (C=O) groups excluding carboxylic acids is 5. The average Bonchev–Trinajstić information content (AvgIpc) is 3.12. The van der Waals surface area contributed by atoms with E-state index in [4.69, 9.17) is 4.74 Å². The topological polar surface area (TPSA) is 167 Å². The van der Waals surface area contributed by atoms with E-state index in [2.05, 4.69) is 5.32 Å². The average molecular weight is 538 g/mol. The van der Waals surface area contributed by atoms with Crippen molar-refractivity contribution in [2.24, 2.45) is 11.8 Å². The van der Waals surface area contributed by atoms with E-state index in [0.29, 0.717) is 12.8 Å². The Kier molecular flexibility index (Phi) is 7.46. The fourth-order valence-corrected chi connectivity index (χ4v) is 5.26. The van der Waals surface area contributed by atoms with Crippen LogP contribution in [0.25, 0.3) is 0 Å². The summed E-state index contributed by atoms with van der Waals surface area (Å²) in [6.45, 7) is 6.06. The molecule has 1 aromatic carbocycles. The number of cyclic esters (lactones) is 1. The largest absolute Gasteiger partial charge is 0.507 e. The van der Waals surface area contributed by atoms with Crippen molar-refractivity contribution in [2.75, 3.05) is 0 Å². The molecule has 4 N–H and O–H groups in total. The number of nitrogens with one attached hydrogen (secondary N) is 1. The molecule has 0 radical (unpaired) electrons. The summed E-state index contributed by atoms with van der Waals surface area (Å²) >= 11 is 0. The number of aliphatic hydroxyl groups excluding tert-OH is 1. The van der Waals surface area contributed by atoms with Gasteiger partial charge in [0.2, 0.25) is 5.91 Å². The quantitative estimate of drug-likeness (QED) is 0.251. The van der Waals surface area contributed by atoms with Crippen LogP contribution in [0.15, 0.2) is 41.6 Å². The van der Waals surface area contributed by atoms with E-state index in [0.717, 1.165) is 12.2 Å². The Morgan fingerprint density at radius 1 is 1.13 bits per heavy atom. The van der Waals surface area contributed by atoms with Gasteiger partial charge >= 0.3 is 5.97 Å². The number of carbonyl (C=O) groups is 5. The number of ketones is 3. The van der Waals surface area contributed by atoms with Crippen molar-refractivity contribution in [3.8, 4) is 5.75 Å². The summed E-state index contributed by atoms with van der Waals surface area (Å²) in [5.41, 5.74) is -2.82. The highest BCUT2D eigenvalue weighted by Gasteiger charge is 2.55. The lowest BCUT2D eigenvalue weighted by Crippen LogP contribution is -2.39. The third-order valence-corrected chi connectivity index (χ3v) is 7.62. The molecule has 4 rings (SSSR count). The molecule has 1 fully saturated rings. The van der Waals surface area contributed by atoms with E-state index in [1.807, 2.05) is 6.92 Å². The predicted octanol–water partition coefficient (Wildman–Crippen LogP) is 2.08. The summed E-state index contributed by atoms with van der Waals surface area (Å²) < 4.78 is 5.25. The van der Waals surface area contributed by atoms with E-state index in [1.54, 1.807) is 6.08 Å². The second kappa shape index (κ2) is 10.3. The van der Waals surface area contributed by atoms with Crippen molar-refractivity contribution >= 4 is 29.2 Å². The summed E-state index contributed by atoms with van der Waals surface area (Å²) in [6.07, 6.45) is 3.79. The third kappa shape index (κ3) is 4.74. The van der Waals surface area contributed by atoms with Crippen LogP contribution in [0.3, 0.4) is 0 Å². The lowest BCUT2D eigenvalue weighted by Gasteiger charge is -2.34. The van der Waals surface area contributed by atoms with Crippen molar-refractivity contribution in [1.82, 2.24) is 5.32 Å². The number of aromatic hydroxyl groups is 1. The molecule has 0 saturated carbocycles. The molecule has 10 nitrogen and oxygen atoms in total. The first-order valence-electron chi connectivity index (χ1n) is 12.8. The predicted molar refractivity (Wildman–Crippen MR) is 138 cm³/mol. The molecule has 0 aromatic heterocycles. The lowest BCUT2D eigenvalue weighted by atomic mass is 9.72. The van der Waals surface area contributed by atoms with Gasteiger partial charge < -0.3 is 25.4 Å². The van der Waals surface area contributed by atoms with Crippen LogP contribution in [0.2, 0.25) is 0 Å². The molecule has 206 valence electrons. The number of hydrogen-bond donors (Lipinski definition) is 4. The molecule has 3 aliphatic rings. The molecule has 0 spiro atoms. The highest BCUT2D eigenvalue weighted by molar-refractivity contribution is 6.40. The van der Waals surface area contributed by atoms with Gasteiger partial charge in [-0.2, -0.15) is 0 Å². The molecule has 1 aromatic rings. The minimum absolute atomic E-state index is 0.0588. The van der Waals surface area contributed by atoms with Crippen molar-refractivity contribution in [1.29, 1.82) is 0 Å². The monoisotopic (exact) mass is 537 g/mol. The van der Waals surface area contributed by atoms with E-state index in [1.165, 1.54) is 32.9 Å². The normalized spacial score (nSPS) is 30.5. The van der Waals surface area contributed by atoms with Crippen LogP contribution in [-0.4, -0.2) is 56.8 Å². The smallest absolute Gasteiger partial charge is 0.379 e. The molecule has 4 bridgehead atoms. The Labute approximate surface area is 225 Å². The van der Waals surface area contributed by atoms with Gasteiger partial charge in [0, 0.05) is 29.2 Å². The third-order valence-electron chi connectivity index (χ3n) is 7.62. The van der Waals surface area contributed by atoms with Gasteiger partial charge in [-0.25, -0.2) is 4.79 Å². The maximum atomic E-state index is 13.5. The number of aliphatic hydroxyl groups is 2. The number of allylic oxidation sites excluding steroid dienone is 2. The van der Waals surface area contributed by atoms with Crippen molar-refractivity contribution in [3.05, 3.63) is 63.9 Å². The Bertz CT molecular complexity index is 1380. The molecule has 3 unspecified atom stereocenters. The lowest BCUT2D eigenvalue weighted by molar-refractivity contribution is -0.157. The maximum absolute atomic E-state index is 13.5. The Morgan fingerprint density at radius 2 is 1.82 bits per heavy atom. The number of benzene rings is 1. The highest BCUT2D eigenvalue weighted by atomic mass is 16.6. The van der Waals surface area contributed by atoms with E-state index in [-0.39, 0.29) is 45.9 Å². The summed E-state index contributed by atoms with van der Waals surface area (Å²) in [4.78, 5) is 65.3. The number of aryl methyl sites for hydroxylation is 1. The van der Waals surface area contributed by atoms with Crippen molar-refractivity contribution in [2.45, 2.75) is 64.8 Å². The van der Waals surface area contributed by atoms with Crippen LogP contribution in [0, 0.1) is 18.8 Å². The molecule has 1 saturated heterocycles. The summed E-state index contributed by atoms with van der Waals surface area (Å²) in [6, 6.07) is 1.35. The second-order valence-electron chi connectivity index (χ2n) is 10.3. The number of Topliss-reactive ketones (excluding diaryl/α,β-unsaturated/α-hetero) is 2. The second-order valence-corrected chi connectivity index (χ2v) is 10.3. The molecule has 10 heteroatoms. The Morgan fingerprint density at radius 3 is 2.46 bits per heavy atom. The minimum Gasteiger partial charge on any atom is -0.507 e. The SMILES string of the molecule is CCC1/C=C\C(C(C)O)OC(=O)C(=O)/C(C)=C\[C@H]2C(=O)NC3=CC(=O)c4c(cc(C)c(O)c4C(=O)CC1)[C@@]32O. The van der Waals surface area contributed by atoms with Gasteiger partial charge in [0.05, 0.1) is 23.3 Å². The first-order chi connectivity index (χ1) is 18.3. The molecule has 5 atom stereocenters. The van der Waals surface area contributed by atoms with Crippen molar-refractivity contribution < 1.29 is 44.0 Å². The zero-order valence-electron chi connectivity index (χ0n) is 22.1.